The van der Waals surface area contributed by atoms with E-state index in [0.29, 0.717) is 24.4 Å². The molecule has 0 saturated carbocycles. The fraction of sp³-hybridized carbons (Fsp3) is 0.231. The van der Waals surface area contributed by atoms with Crippen molar-refractivity contribution in [2.75, 3.05) is 25.2 Å². The van der Waals surface area contributed by atoms with Crippen LogP contribution in [0.15, 0.2) is 66.7 Å². The van der Waals surface area contributed by atoms with Gasteiger partial charge in [0.05, 0.1) is 7.11 Å². The molecule has 32 heavy (non-hydrogen) atoms. The third kappa shape index (κ3) is 4.91. The van der Waals surface area contributed by atoms with Crippen LogP contribution in [0.4, 0.5) is 5.69 Å². The van der Waals surface area contributed by atoms with Gasteiger partial charge in [-0.05, 0) is 66.9 Å². The lowest BCUT2D eigenvalue weighted by Crippen LogP contribution is -2.29. The monoisotopic (exact) mass is 430 g/mol. The summed E-state index contributed by atoms with van der Waals surface area (Å²) < 4.78 is 10.6. The van der Waals surface area contributed by atoms with Crippen LogP contribution in [0.1, 0.15) is 27.0 Å². The highest BCUT2D eigenvalue weighted by Gasteiger charge is 2.25. The Morgan fingerprint density at radius 3 is 2.41 bits per heavy atom. The molecular formula is C26H26N2O4. The van der Waals surface area contributed by atoms with Crippen molar-refractivity contribution in [1.82, 2.24) is 5.32 Å². The van der Waals surface area contributed by atoms with Crippen LogP contribution in [0.2, 0.25) is 0 Å². The van der Waals surface area contributed by atoms with E-state index in [9.17, 15) is 9.59 Å². The minimum absolute atomic E-state index is 0.00201. The molecule has 0 unspecified atom stereocenters. The minimum Gasteiger partial charge on any atom is -0.497 e. The molecule has 1 aliphatic rings. The molecular weight excluding hydrogens is 404 g/mol. The van der Waals surface area contributed by atoms with Crippen molar-refractivity contribution in [2.24, 2.45) is 0 Å². The number of anilines is 1. The smallest absolute Gasteiger partial charge is 0.258 e. The van der Waals surface area contributed by atoms with Crippen molar-refractivity contribution >= 4 is 17.5 Å². The van der Waals surface area contributed by atoms with Crippen LogP contribution in [0, 0.1) is 6.92 Å². The van der Waals surface area contributed by atoms with Crippen LogP contribution in [-0.4, -0.2) is 32.1 Å². The third-order valence-electron chi connectivity index (χ3n) is 5.51. The van der Waals surface area contributed by atoms with Crippen LogP contribution in [0.5, 0.6) is 11.5 Å². The topological polar surface area (TPSA) is 67.9 Å². The van der Waals surface area contributed by atoms with E-state index >= 15 is 0 Å². The second-order valence-electron chi connectivity index (χ2n) is 7.78. The number of methoxy groups -OCH3 is 1. The molecule has 1 heterocycles. The molecule has 0 radical (unpaired) electrons. The highest BCUT2D eigenvalue weighted by molar-refractivity contribution is 6.07. The number of aryl methyl sites for hydroxylation is 1. The summed E-state index contributed by atoms with van der Waals surface area (Å²) in [7, 11) is 1.60. The Kier molecular flexibility index (Phi) is 6.40. The summed E-state index contributed by atoms with van der Waals surface area (Å²) in [6.45, 7) is 2.95. The van der Waals surface area contributed by atoms with Gasteiger partial charge in [0.15, 0.2) is 6.61 Å². The zero-order valence-corrected chi connectivity index (χ0v) is 18.3. The molecule has 6 nitrogen and oxygen atoms in total. The fourth-order valence-corrected chi connectivity index (χ4v) is 3.67. The lowest BCUT2D eigenvalue weighted by atomic mass is 10.1. The van der Waals surface area contributed by atoms with Gasteiger partial charge in [0, 0.05) is 24.3 Å². The van der Waals surface area contributed by atoms with Crippen LogP contribution < -0.4 is 19.7 Å². The number of benzene rings is 3. The van der Waals surface area contributed by atoms with E-state index in [1.54, 1.807) is 31.4 Å². The Bertz CT molecular complexity index is 1110. The Morgan fingerprint density at radius 2 is 1.69 bits per heavy atom. The van der Waals surface area contributed by atoms with Gasteiger partial charge in [-0.3, -0.25) is 9.59 Å². The van der Waals surface area contributed by atoms with E-state index in [1.165, 1.54) is 0 Å². The van der Waals surface area contributed by atoms with Crippen LogP contribution >= 0.6 is 0 Å². The van der Waals surface area contributed by atoms with Crippen LogP contribution in [0.25, 0.3) is 0 Å². The zero-order chi connectivity index (χ0) is 22.5. The van der Waals surface area contributed by atoms with E-state index in [2.05, 4.69) is 5.32 Å². The normalized spacial score (nSPS) is 12.2. The zero-order valence-electron chi connectivity index (χ0n) is 18.3. The van der Waals surface area contributed by atoms with Crippen LogP contribution in [0.3, 0.4) is 0 Å². The first-order valence-electron chi connectivity index (χ1n) is 10.6. The van der Waals surface area contributed by atoms with Crippen molar-refractivity contribution in [3.63, 3.8) is 0 Å². The summed E-state index contributed by atoms with van der Waals surface area (Å²) in [4.78, 5) is 27.0. The maximum absolute atomic E-state index is 13.0. The fourth-order valence-electron chi connectivity index (χ4n) is 3.67. The number of nitrogens with one attached hydrogen (secondary N) is 1. The maximum Gasteiger partial charge on any atom is 0.258 e. The van der Waals surface area contributed by atoms with Gasteiger partial charge in [0.25, 0.3) is 11.8 Å². The van der Waals surface area contributed by atoms with Gasteiger partial charge in [-0.15, -0.1) is 0 Å². The van der Waals surface area contributed by atoms with Gasteiger partial charge >= 0.3 is 0 Å². The molecule has 2 amide bonds. The lowest BCUT2D eigenvalue weighted by molar-refractivity contribution is -0.123. The first-order chi connectivity index (χ1) is 15.5. The number of carbonyl (C=O) groups excluding carboxylic acids is 2. The van der Waals surface area contributed by atoms with Gasteiger partial charge in [-0.2, -0.15) is 0 Å². The van der Waals surface area contributed by atoms with Gasteiger partial charge < -0.3 is 19.7 Å². The Morgan fingerprint density at radius 1 is 0.969 bits per heavy atom. The Balaban J connectivity index is 1.35. The standard InChI is InChI=1S/C26H26N2O4/c1-18-3-6-21(7-4-18)26(30)28-14-13-20-8-5-19(15-24(20)28)16-27-25(29)17-32-23-11-9-22(31-2)10-12-23/h3-12,15H,13-14,16-17H2,1-2H3,(H,27,29). The molecule has 164 valence electrons. The molecule has 1 N–H and O–H groups in total. The highest BCUT2D eigenvalue weighted by Crippen LogP contribution is 2.30. The summed E-state index contributed by atoms with van der Waals surface area (Å²) in [5, 5.41) is 2.87. The van der Waals surface area contributed by atoms with Crippen molar-refractivity contribution in [2.45, 2.75) is 19.9 Å². The van der Waals surface area contributed by atoms with E-state index in [4.69, 9.17) is 9.47 Å². The number of hydrogen-bond acceptors (Lipinski definition) is 4. The number of nitrogens with zero attached hydrogens (tertiary/aromatic N) is 1. The number of amides is 2. The molecule has 1 aliphatic heterocycles. The Hall–Kier alpha value is -3.80. The van der Waals surface area contributed by atoms with E-state index in [0.717, 1.165) is 34.5 Å². The summed E-state index contributed by atoms with van der Waals surface area (Å²) in [6, 6.07) is 20.7. The highest BCUT2D eigenvalue weighted by atomic mass is 16.5. The summed E-state index contributed by atoms with van der Waals surface area (Å²) in [6.07, 6.45) is 0.829. The average Bonchev–Trinajstić information content (AvgIpc) is 3.25. The lowest BCUT2D eigenvalue weighted by Gasteiger charge is -2.18. The quantitative estimate of drug-likeness (QED) is 0.617. The predicted molar refractivity (Wildman–Crippen MR) is 123 cm³/mol. The number of hydrogen-bond donors (Lipinski definition) is 1. The molecule has 0 spiro atoms. The molecule has 6 heteroatoms. The third-order valence-corrected chi connectivity index (χ3v) is 5.51. The minimum atomic E-state index is -0.214. The number of ether oxygens (including phenoxy) is 2. The summed E-state index contributed by atoms with van der Waals surface area (Å²) in [5.41, 5.74) is 4.79. The van der Waals surface area contributed by atoms with Crippen molar-refractivity contribution < 1.29 is 19.1 Å². The number of carbonyl (C=O) groups is 2. The van der Waals surface area contributed by atoms with Crippen molar-refractivity contribution in [3.05, 3.63) is 89.0 Å². The molecule has 4 rings (SSSR count). The molecule has 0 atom stereocenters. The molecule has 0 saturated heterocycles. The molecule has 0 aromatic heterocycles. The molecule has 3 aromatic rings. The van der Waals surface area contributed by atoms with Crippen molar-refractivity contribution in [1.29, 1.82) is 0 Å². The second kappa shape index (κ2) is 9.56. The van der Waals surface area contributed by atoms with E-state index < -0.39 is 0 Å². The largest absolute Gasteiger partial charge is 0.497 e. The van der Waals surface area contributed by atoms with Gasteiger partial charge in [0.1, 0.15) is 11.5 Å². The predicted octanol–water partition coefficient (Wildman–Crippen LogP) is 3.90. The van der Waals surface area contributed by atoms with Crippen LogP contribution in [-0.2, 0) is 17.8 Å². The van der Waals surface area contributed by atoms with E-state index in [-0.39, 0.29) is 18.4 Å². The summed E-state index contributed by atoms with van der Waals surface area (Å²) in [5.74, 6) is 1.11. The maximum atomic E-state index is 13.0. The van der Waals surface area contributed by atoms with Gasteiger partial charge in [-0.25, -0.2) is 0 Å². The molecule has 0 aliphatic carbocycles. The molecule has 0 fully saturated rings. The summed E-state index contributed by atoms with van der Waals surface area (Å²) >= 11 is 0. The number of fused-ring (bicyclic) bond motifs is 1. The Labute approximate surface area is 187 Å². The van der Waals surface area contributed by atoms with Gasteiger partial charge in [-0.1, -0.05) is 29.8 Å². The first kappa shape index (κ1) is 21.4. The first-order valence-corrected chi connectivity index (χ1v) is 10.6. The van der Waals surface area contributed by atoms with E-state index in [1.807, 2.05) is 54.3 Å². The second-order valence-corrected chi connectivity index (χ2v) is 7.78. The SMILES string of the molecule is COc1ccc(OCC(=O)NCc2ccc3c(c2)N(C(=O)c2ccc(C)cc2)CC3)cc1. The number of rotatable bonds is 7. The average molecular weight is 431 g/mol. The molecule has 3 aromatic carbocycles. The van der Waals surface area contributed by atoms with Gasteiger partial charge in [0.2, 0.25) is 0 Å². The molecule has 0 bridgehead atoms. The van der Waals surface area contributed by atoms with Crippen molar-refractivity contribution in [3.8, 4) is 11.5 Å².